The number of carbonyl (C=O) groups is 3. The molecule has 0 spiro atoms. The summed E-state index contributed by atoms with van der Waals surface area (Å²) in [6.07, 6.45) is 75.5. The fourth-order valence-corrected chi connectivity index (χ4v) is 6.36. The second-order valence-electron chi connectivity index (χ2n) is 16.3. The van der Waals surface area contributed by atoms with Crippen LogP contribution in [-0.4, -0.2) is 37.2 Å². The highest BCUT2D eigenvalue weighted by Crippen LogP contribution is 2.12. The van der Waals surface area contributed by atoms with Crippen LogP contribution in [0.3, 0.4) is 0 Å². The summed E-state index contributed by atoms with van der Waals surface area (Å²) in [6, 6.07) is 0. The Balaban J connectivity index is 4.58. The first kappa shape index (κ1) is 61.3. The van der Waals surface area contributed by atoms with Gasteiger partial charge in [-0.1, -0.05) is 212 Å². The molecule has 0 amide bonds. The van der Waals surface area contributed by atoms with E-state index in [0.29, 0.717) is 12.8 Å². The zero-order chi connectivity index (χ0) is 47.9. The van der Waals surface area contributed by atoms with Crippen molar-refractivity contribution in [3.8, 4) is 0 Å². The molecule has 0 bridgehead atoms. The normalized spacial score (nSPS) is 13.3. The summed E-state index contributed by atoms with van der Waals surface area (Å²) in [4.78, 5) is 38.0. The highest BCUT2D eigenvalue weighted by atomic mass is 16.6. The van der Waals surface area contributed by atoms with Gasteiger partial charge in [0.2, 0.25) is 0 Å². The highest BCUT2D eigenvalue weighted by Gasteiger charge is 2.19. The lowest BCUT2D eigenvalue weighted by atomic mass is 10.1. The van der Waals surface area contributed by atoms with E-state index in [1.54, 1.807) is 0 Å². The maximum absolute atomic E-state index is 12.8. The molecule has 0 aromatic carbocycles. The third kappa shape index (κ3) is 50.3. The third-order valence-electron chi connectivity index (χ3n) is 10.1. The van der Waals surface area contributed by atoms with Crippen molar-refractivity contribution in [1.29, 1.82) is 0 Å². The van der Waals surface area contributed by atoms with Crippen LogP contribution in [0.5, 0.6) is 0 Å². The average Bonchev–Trinajstić information content (AvgIpc) is 3.31. The topological polar surface area (TPSA) is 78.9 Å². The molecule has 0 aliphatic rings. The standard InChI is InChI=1S/C60H92O6/c1-4-7-10-13-16-19-22-25-28-29-30-31-33-35-38-41-44-47-50-53-59(62)65-56-57(55-64-58(61)52-49-46-43-40-37-34-27-24-21-18-15-12-9-6-3)66-60(63)54-51-48-45-42-39-36-32-26-23-20-17-14-11-8-5-2/h7-12,14,16-21,23,25,27-28,30-31,34-35,38,44,47,57H,4-6,13,15,22,24,26,29,32-33,36-37,39-43,45-46,48-56H2,1-3H3/b10-7-,11-8-,12-9-,17-14-,19-16-,21-18-,23-20-,28-25-,31-30-,34-27-,38-35-,47-44-. The van der Waals surface area contributed by atoms with E-state index in [0.717, 1.165) is 128 Å². The van der Waals surface area contributed by atoms with Gasteiger partial charge in [0.25, 0.3) is 0 Å². The van der Waals surface area contributed by atoms with Gasteiger partial charge in [0.1, 0.15) is 13.2 Å². The molecule has 0 N–H and O–H groups in total. The van der Waals surface area contributed by atoms with Crippen molar-refractivity contribution >= 4 is 17.9 Å². The van der Waals surface area contributed by atoms with Gasteiger partial charge in [-0.3, -0.25) is 14.4 Å². The first-order chi connectivity index (χ1) is 32.5. The molecule has 6 nitrogen and oxygen atoms in total. The zero-order valence-corrected chi connectivity index (χ0v) is 41.9. The Bertz CT molecular complexity index is 1510. The second-order valence-corrected chi connectivity index (χ2v) is 16.3. The fourth-order valence-electron chi connectivity index (χ4n) is 6.36. The van der Waals surface area contributed by atoms with Gasteiger partial charge >= 0.3 is 17.9 Å². The molecule has 0 rings (SSSR count). The lowest BCUT2D eigenvalue weighted by molar-refractivity contribution is -0.166. The summed E-state index contributed by atoms with van der Waals surface area (Å²) in [6.45, 7) is 6.16. The summed E-state index contributed by atoms with van der Waals surface area (Å²) in [7, 11) is 0. The Morgan fingerprint density at radius 2 is 0.652 bits per heavy atom. The molecule has 0 aliphatic heterocycles. The van der Waals surface area contributed by atoms with Gasteiger partial charge in [-0.15, -0.1) is 0 Å². The third-order valence-corrected chi connectivity index (χ3v) is 10.1. The van der Waals surface area contributed by atoms with Crippen molar-refractivity contribution < 1.29 is 28.6 Å². The molecule has 0 fully saturated rings. The fraction of sp³-hybridized carbons (Fsp3) is 0.550. The largest absolute Gasteiger partial charge is 0.462 e. The van der Waals surface area contributed by atoms with E-state index in [4.69, 9.17) is 14.2 Å². The molecule has 6 heteroatoms. The number of ether oxygens (including phenoxy) is 3. The molecule has 0 aliphatic carbocycles. The molecule has 0 saturated heterocycles. The highest BCUT2D eigenvalue weighted by molar-refractivity contribution is 5.71. The quantitative estimate of drug-likeness (QED) is 0.0199. The predicted molar refractivity (Wildman–Crippen MR) is 283 cm³/mol. The maximum Gasteiger partial charge on any atom is 0.306 e. The van der Waals surface area contributed by atoms with Gasteiger partial charge < -0.3 is 14.2 Å². The van der Waals surface area contributed by atoms with Gasteiger partial charge in [-0.05, 0) is 109 Å². The molecule has 0 radical (unpaired) electrons. The predicted octanol–water partition coefficient (Wildman–Crippen LogP) is 17.3. The summed E-state index contributed by atoms with van der Waals surface area (Å²) in [5.74, 6) is -1.06. The van der Waals surface area contributed by atoms with E-state index < -0.39 is 6.10 Å². The molecule has 1 atom stereocenters. The lowest BCUT2D eigenvalue weighted by Gasteiger charge is -2.18. The average molecular weight is 909 g/mol. The minimum Gasteiger partial charge on any atom is -0.462 e. The molecule has 368 valence electrons. The number of allylic oxidation sites excluding steroid dienone is 24. The van der Waals surface area contributed by atoms with E-state index in [1.807, 2.05) is 12.2 Å². The summed E-state index contributed by atoms with van der Waals surface area (Å²) >= 11 is 0. The number of hydrogen-bond acceptors (Lipinski definition) is 6. The molecule has 0 aromatic heterocycles. The van der Waals surface area contributed by atoms with Crippen LogP contribution in [0.15, 0.2) is 146 Å². The summed E-state index contributed by atoms with van der Waals surface area (Å²) < 4.78 is 16.7. The van der Waals surface area contributed by atoms with Gasteiger partial charge in [0.05, 0.1) is 0 Å². The minimum atomic E-state index is -0.831. The maximum atomic E-state index is 12.8. The number of esters is 3. The van der Waals surface area contributed by atoms with E-state index in [9.17, 15) is 14.4 Å². The Kier molecular flexibility index (Phi) is 49.1. The van der Waals surface area contributed by atoms with Crippen LogP contribution < -0.4 is 0 Å². The van der Waals surface area contributed by atoms with Crippen molar-refractivity contribution in [2.75, 3.05) is 13.2 Å². The molecule has 0 heterocycles. The molecule has 66 heavy (non-hydrogen) atoms. The molecule has 1 unspecified atom stereocenters. The van der Waals surface area contributed by atoms with Crippen LogP contribution in [0, 0.1) is 0 Å². The van der Waals surface area contributed by atoms with Crippen LogP contribution in [0.1, 0.15) is 194 Å². The van der Waals surface area contributed by atoms with Gasteiger partial charge in [0.15, 0.2) is 6.10 Å². The van der Waals surface area contributed by atoms with E-state index in [2.05, 4.69) is 154 Å². The Morgan fingerprint density at radius 1 is 0.318 bits per heavy atom. The van der Waals surface area contributed by atoms with E-state index in [-0.39, 0.29) is 44.0 Å². The first-order valence-corrected chi connectivity index (χ1v) is 25.9. The SMILES string of the molecule is CC\C=C/C=C\C=C/CCCCCCCCCC(=O)OC(COC(=O)CC/C=C\C/C=C\C/C=C\C/C=C\C/C=C\C/C=C\CC)COC(=O)CCCCCC/C=C\C/C=C\C/C=C\CC. The monoisotopic (exact) mass is 909 g/mol. The lowest BCUT2D eigenvalue weighted by Crippen LogP contribution is -2.30. The Morgan fingerprint density at radius 3 is 1.11 bits per heavy atom. The van der Waals surface area contributed by atoms with E-state index >= 15 is 0 Å². The first-order valence-electron chi connectivity index (χ1n) is 25.9. The van der Waals surface area contributed by atoms with Crippen LogP contribution >= 0.6 is 0 Å². The molecule has 0 saturated carbocycles. The Labute approximate surface area is 404 Å². The van der Waals surface area contributed by atoms with Gasteiger partial charge in [-0.2, -0.15) is 0 Å². The van der Waals surface area contributed by atoms with Gasteiger partial charge in [-0.25, -0.2) is 0 Å². The number of unbranched alkanes of at least 4 members (excludes halogenated alkanes) is 11. The smallest absolute Gasteiger partial charge is 0.306 e. The van der Waals surface area contributed by atoms with Crippen LogP contribution in [0.4, 0.5) is 0 Å². The van der Waals surface area contributed by atoms with Crippen molar-refractivity contribution in [1.82, 2.24) is 0 Å². The van der Waals surface area contributed by atoms with Crippen LogP contribution in [0.25, 0.3) is 0 Å². The Hall–Kier alpha value is -4.71. The molecular weight excluding hydrogens is 817 g/mol. The number of carbonyl (C=O) groups excluding carboxylic acids is 3. The molecular formula is C60H92O6. The molecule has 0 aromatic rings. The second kappa shape index (κ2) is 52.9. The van der Waals surface area contributed by atoms with E-state index in [1.165, 1.54) is 19.3 Å². The van der Waals surface area contributed by atoms with Crippen molar-refractivity contribution in [2.24, 2.45) is 0 Å². The zero-order valence-electron chi connectivity index (χ0n) is 41.9. The van der Waals surface area contributed by atoms with Crippen molar-refractivity contribution in [3.05, 3.63) is 146 Å². The number of hydrogen-bond donors (Lipinski definition) is 0. The van der Waals surface area contributed by atoms with Gasteiger partial charge in [0, 0.05) is 19.3 Å². The van der Waals surface area contributed by atoms with Crippen LogP contribution in [0.2, 0.25) is 0 Å². The van der Waals surface area contributed by atoms with Crippen LogP contribution in [-0.2, 0) is 28.6 Å². The minimum absolute atomic E-state index is 0.124. The summed E-state index contributed by atoms with van der Waals surface area (Å²) in [5.41, 5.74) is 0. The summed E-state index contributed by atoms with van der Waals surface area (Å²) in [5, 5.41) is 0. The van der Waals surface area contributed by atoms with Crippen molar-refractivity contribution in [3.63, 3.8) is 0 Å². The van der Waals surface area contributed by atoms with Crippen molar-refractivity contribution in [2.45, 2.75) is 200 Å². The number of rotatable bonds is 44.